The third kappa shape index (κ3) is 7.27. The number of pyridine rings is 1. The minimum atomic E-state index is -4.76. The number of amides is 1. The number of rotatable bonds is 10. The van der Waals surface area contributed by atoms with Crippen LogP contribution >= 0.6 is 0 Å². The number of aromatic nitrogens is 3. The SMILES string of the molecule is CN(c1ncccc1CNc1nc(Nc2ccc(C(=O)NCCO)cc2)ncc1C(F)(F)F)S(C)(=O)=O. The molecule has 0 atom stereocenters. The summed E-state index contributed by atoms with van der Waals surface area (Å²) in [6, 6.07) is 9.07. The number of carbonyl (C=O) groups is 1. The van der Waals surface area contributed by atoms with Gasteiger partial charge in [0.05, 0.1) is 12.9 Å². The summed E-state index contributed by atoms with van der Waals surface area (Å²) in [5, 5.41) is 16.7. The van der Waals surface area contributed by atoms with Gasteiger partial charge < -0.3 is 21.1 Å². The van der Waals surface area contributed by atoms with E-state index in [0.29, 0.717) is 23.0 Å². The third-order valence-corrected chi connectivity index (χ3v) is 6.17. The Balaban J connectivity index is 1.84. The number of aliphatic hydroxyl groups excluding tert-OH is 1. The Morgan fingerprint density at radius 2 is 1.84 bits per heavy atom. The lowest BCUT2D eigenvalue weighted by molar-refractivity contribution is -0.137. The number of hydrogen-bond acceptors (Lipinski definition) is 9. The number of nitrogens with zero attached hydrogens (tertiary/aromatic N) is 4. The van der Waals surface area contributed by atoms with E-state index in [1.807, 2.05) is 0 Å². The van der Waals surface area contributed by atoms with E-state index < -0.39 is 33.5 Å². The number of benzene rings is 1. The van der Waals surface area contributed by atoms with Gasteiger partial charge in [-0.2, -0.15) is 18.2 Å². The van der Waals surface area contributed by atoms with Gasteiger partial charge in [-0.1, -0.05) is 6.07 Å². The first-order valence-corrected chi connectivity index (χ1v) is 12.6. The van der Waals surface area contributed by atoms with E-state index in [1.54, 1.807) is 0 Å². The van der Waals surface area contributed by atoms with Crippen molar-refractivity contribution < 1.29 is 31.5 Å². The third-order valence-electron chi connectivity index (χ3n) is 5.00. The molecule has 3 aromatic rings. The Kier molecular flexibility index (Phi) is 8.49. The van der Waals surface area contributed by atoms with Crippen LogP contribution in [0.2, 0.25) is 0 Å². The number of sulfonamides is 1. The molecule has 3 rings (SSSR count). The van der Waals surface area contributed by atoms with Gasteiger partial charge in [-0.15, -0.1) is 0 Å². The summed E-state index contributed by atoms with van der Waals surface area (Å²) in [6.45, 7) is -0.317. The number of anilines is 4. The second kappa shape index (κ2) is 11.4. The van der Waals surface area contributed by atoms with Gasteiger partial charge in [0, 0.05) is 49.3 Å². The standard InChI is InChI=1S/C22H24F3N7O4S/c1-32(37(2,35)36)19-15(4-3-9-26-19)12-28-18-17(22(23,24)25)13-29-21(31-18)30-16-7-5-14(6-8-16)20(34)27-10-11-33/h3-9,13,33H,10-12H2,1-2H3,(H,27,34)(H2,28,29,30,31). The number of hydrogen-bond donors (Lipinski definition) is 4. The molecule has 1 amide bonds. The second-order valence-corrected chi connectivity index (χ2v) is 9.72. The zero-order chi connectivity index (χ0) is 27.2. The predicted octanol–water partition coefficient (Wildman–Crippen LogP) is 2.36. The molecule has 0 spiro atoms. The second-order valence-electron chi connectivity index (χ2n) is 7.71. The Bertz CT molecular complexity index is 1350. The van der Waals surface area contributed by atoms with Crippen molar-refractivity contribution in [2.45, 2.75) is 12.7 Å². The van der Waals surface area contributed by atoms with Crippen molar-refractivity contribution in [3.63, 3.8) is 0 Å². The fourth-order valence-corrected chi connectivity index (χ4v) is 3.56. The minimum absolute atomic E-state index is 0.0570. The monoisotopic (exact) mass is 539 g/mol. The van der Waals surface area contributed by atoms with Gasteiger partial charge in [0.2, 0.25) is 16.0 Å². The highest BCUT2D eigenvalue weighted by Crippen LogP contribution is 2.34. The number of halogens is 3. The Morgan fingerprint density at radius 3 is 2.46 bits per heavy atom. The van der Waals surface area contributed by atoms with Crippen LogP contribution in [0.25, 0.3) is 0 Å². The molecule has 2 heterocycles. The maximum atomic E-state index is 13.6. The molecular weight excluding hydrogens is 515 g/mol. The fraction of sp³-hybridized carbons (Fsp3) is 0.273. The van der Waals surface area contributed by atoms with Gasteiger partial charge in [0.1, 0.15) is 17.2 Å². The molecule has 15 heteroatoms. The molecule has 0 saturated carbocycles. The van der Waals surface area contributed by atoms with E-state index in [2.05, 4.69) is 30.9 Å². The summed E-state index contributed by atoms with van der Waals surface area (Å²) in [4.78, 5) is 23.7. The maximum absolute atomic E-state index is 13.6. The minimum Gasteiger partial charge on any atom is -0.395 e. The molecule has 2 aromatic heterocycles. The van der Waals surface area contributed by atoms with Crippen LogP contribution in [0, 0.1) is 0 Å². The van der Waals surface area contributed by atoms with Crippen LogP contribution in [0.3, 0.4) is 0 Å². The van der Waals surface area contributed by atoms with Crippen molar-refractivity contribution in [2.24, 2.45) is 0 Å². The molecule has 0 unspecified atom stereocenters. The van der Waals surface area contributed by atoms with Crippen molar-refractivity contribution in [1.82, 2.24) is 20.3 Å². The molecule has 0 aliphatic carbocycles. The first-order chi connectivity index (χ1) is 17.4. The maximum Gasteiger partial charge on any atom is 0.421 e. The molecule has 0 bridgehead atoms. The Hall–Kier alpha value is -3.98. The van der Waals surface area contributed by atoms with E-state index in [4.69, 9.17) is 5.11 Å². The van der Waals surface area contributed by atoms with Crippen LogP contribution in [0.15, 0.2) is 48.8 Å². The molecule has 11 nitrogen and oxygen atoms in total. The quantitative estimate of drug-likeness (QED) is 0.305. The Morgan fingerprint density at radius 1 is 1.14 bits per heavy atom. The van der Waals surface area contributed by atoms with Gasteiger partial charge in [-0.25, -0.2) is 18.4 Å². The molecule has 0 aliphatic heterocycles. The number of nitrogens with one attached hydrogen (secondary N) is 3. The zero-order valence-corrected chi connectivity index (χ0v) is 20.6. The molecule has 198 valence electrons. The van der Waals surface area contributed by atoms with Crippen molar-refractivity contribution in [3.05, 3.63) is 65.5 Å². The van der Waals surface area contributed by atoms with Gasteiger partial charge >= 0.3 is 6.18 Å². The highest BCUT2D eigenvalue weighted by molar-refractivity contribution is 7.92. The molecule has 4 N–H and O–H groups in total. The summed E-state index contributed by atoms with van der Waals surface area (Å²) >= 11 is 0. The van der Waals surface area contributed by atoms with E-state index in [9.17, 15) is 26.4 Å². The summed E-state index contributed by atoms with van der Waals surface area (Å²) in [5.74, 6) is -1.01. The van der Waals surface area contributed by atoms with E-state index in [0.717, 1.165) is 10.6 Å². The van der Waals surface area contributed by atoms with Crippen LogP contribution in [0.5, 0.6) is 0 Å². The van der Waals surface area contributed by atoms with Gasteiger partial charge in [-0.05, 0) is 30.3 Å². The summed E-state index contributed by atoms with van der Waals surface area (Å²) < 4.78 is 65.6. The van der Waals surface area contributed by atoms with Crippen LogP contribution in [0.4, 0.5) is 36.4 Å². The summed E-state index contributed by atoms with van der Waals surface area (Å²) in [7, 11) is -2.37. The lowest BCUT2D eigenvalue weighted by Crippen LogP contribution is -2.27. The highest BCUT2D eigenvalue weighted by Gasteiger charge is 2.35. The smallest absolute Gasteiger partial charge is 0.395 e. The lowest BCUT2D eigenvalue weighted by atomic mass is 10.2. The molecular formula is C22H24F3N7O4S. The van der Waals surface area contributed by atoms with Crippen LogP contribution in [0.1, 0.15) is 21.5 Å². The molecule has 0 fully saturated rings. The summed E-state index contributed by atoms with van der Waals surface area (Å²) in [5.41, 5.74) is -0.0580. The van der Waals surface area contributed by atoms with Crippen LogP contribution < -0.4 is 20.3 Å². The van der Waals surface area contributed by atoms with E-state index >= 15 is 0 Å². The van der Waals surface area contributed by atoms with Gasteiger partial charge in [-0.3, -0.25) is 9.10 Å². The van der Waals surface area contributed by atoms with E-state index in [-0.39, 0.29) is 31.5 Å². The average molecular weight is 540 g/mol. The number of alkyl halides is 3. The van der Waals surface area contributed by atoms with Crippen molar-refractivity contribution in [3.8, 4) is 0 Å². The van der Waals surface area contributed by atoms with Crippen molar-refractivity contribution in [2.75, 3.05) is 41.4 Å². The van der Waals surface area contributed by atoms with Crippen molar-refractivity contribution >= 4 is 39.2 Å². The number of aliphatic hydroxyl groups is 1. The van der Waals surface area contributed by atoms with Crippen LogP contribution in [-0.4, -0.2) is 60.8 Å². The molecule has 1 aromatic carbocycles. The topological polar surface area (TPSA) is 149 Å². The predicted molar refractivity (Wildman–Crippen MR) is 131 cm³/mol. The van der Waals surface area contributed by atoms with Gasteiger partial charge in [0.25, 0.3) is 5.91 Å². The fourth-order valence-electron chi connectivity index (χ4n) is 3.08. The lowest BCUT2D eigenvalue weighted by Gasteiger charge is -2.20. The zero-order valence-electron chi connectivity index (χ0n) is 19.7. The highest BCUT2D eigenvalue weighted by atomic mass is 32.2. The number of carbonyl (C=O) groups excluding carboxylic acids is 1. The van der Waals surface area contributed by atoms with Crippen LogP contribution in [-0.2, 0) is 22.7 Å². The largest absolute Gasteiger partial charge is 0.421 e. The van der Waals surface area contributed by atoms with Gasteiger partial charge in [0.15, 0.2) is 0 Å². The molecule has 0 aliphatic rings. The first kappa shape index (κ1) is 27.6. The molecule has 37 heavy (non-hydrogen) atoms. The average Bonchev–Trinajstić information content (AvgIpc) is 2.85. The van der Waals surface area contributed by atoms with Crippen molar-refractivity contribution in [1.29, 1.82) is 0 Å². The first-order valence-electron chi connectivity index (χ1n) is 10.7. The van der Waals surface area contributed by atoms with E-state index in [1.165, 1.54) is 49.6 Å². The molecule has 0 radical (unpaired) electrons. The Labute approximate surface area is 210 Å². The molecule has 0 saturated heterocycles. The summed E-state index contributed by atoms with van der Waals surface area (Å²) in [6.07, 6.45) is -1.78. The normalized spacial score (nSPS) is 11.6.